The molecule has 1 aromatic heterocycles. The van der Waals surface area contributed by atoms with Crippen molar-refractivity contribution in [2.24, 2.45) is 11.7 Å². The fourth-order valence-corrected chi connectivity index (χ4v) is 2.75. The van der Waals surface area contributed by atoms with E-state index >= 15 is 0 Å². The molecule has 0 aliphatic heterocycles. The molecular formula is C10H17BrN2S. The number of nitrogens with zero attached hydrogens (tertiary/aromatic N) is 1. The molecule has 0 aromatic carbocycles. The van der Waals surface area contributed by atoms with Crippen molar-refractivity contribution in [1.29, 1.82) is 0 Å². The SMILES string of the molecule is CCC(CN)CN(C)c1cc(Br)cs1. The first-order valence-electron chi connectivity index (χ1n) is 4.82. The van der Waals surface area contributed by atoms with Crippen LogP contribution in [0.2, 0.25) is 0 Å². The van der Waals surface area contributed by atoms with E-state index in [1.165, 1.54) is 5.00 Å². The first-order chi connectivity index (χ1) is 6.67. The van der Waals surface area contributed by atoms with Gasteiger partial charge >= 0.3 is 0 Å². The predicted molar refractivity (Wildman–Crippen MR) is 68.1 cm³/mol. The maximum absolute atomic E-state index is 5.68. The number of rotatable bonds is 5. The second-order valence-corrected chi connectivity index (χ2v) is 5.30. The van der Waals surface area contributed by atoms with Crippen LogP contribution in [0.5, 0.6) is 0 Å². The highest BCUT2D eigenvalue weighted by Gasteiger charge is 2.09. The Bertz CT molecular complexity index is 271. The number of hydrogen-bond donors (Lipinski definition) is 1. The first kappa shape index (κ1) is 12.0. The third kappa shape index (κ3) is 3.26. The Hall–Kier alpha value is -0.0600. The quantitative estimate of drug-likeness (QED) is 0.896. The first-order valence-corrected chi connectivity index (χ1v) is 6.49. The van der Waals surface area contributed by atoms with Gasteiger partial charge in [0.2, 0.25) is 0 Å². The number of nitrogens with two attached hydrogens (primary N) is 1. The van der Waals surface area contributed by atoms with Gasteiger partial charge in [-0.3, -0.25) is 0 Å². The van der Waals surface area contributed by atoms with Crippen molar-refractivity contribution in [3.05, 3.63) is 15.9 Å². The minimum absolute atomic E-state index is 0.598. The molecule has 1 rings (SSSR count). The zero-order valence-electron chi connectivity index (χ0n) is 8.66. The average molecular weight is 277 g/mol. The molecule has 0 saturated heterocycles. The molecule has 4 heteroatoms. The number of anilines is 1. The zero-order chi connectivity index (χ0) is 10.6. The highest BCUT2D eigenvalue weighted by molar-refractivity contribution is 9.10. The van der Waals surface area contributed by atoms with Crippen LogP contribution in [0.25, 0.3) is 0 Å². The molecule has 0 fully saturated rings. The van der Waals surface area contributed by atoms with E-state index < -0.39 is 0 Å². The smallest absolute Gasteiger partial charge is 0.0917 e. The van der Waals surface area contributed by atoms with Crippen molar-refractivity contribution in [3.63, 3.8) is 0 Å². The summed E-state index contributed by atoms with van der Waals surface area (Å²) in [5.74, 6) is 0.598. The molecule has 2 N–H and O–H groups in total. The lowest BCUT2D eigenvalue weighted by molar-refractivity contribution is 0.522. The van der Waals surface area contributed by atoms with Gasteiger partial charge in [-0.05, 0) is 34.5 Å². The lowest BCUT2D eigenvalue weighted by Gasteiger charge is -2.22. The van der Waals surface area contributed by atoms with Crippen molar-refractivity contribution in [3.8, 4) is 0 Å². The van der Waals surface area contributed by atoms with Gasteiger partial charge in [0.1, 0.15) is 0 Å². The van der Waals surface area contributed by atoms with Gasteiger partial charge in [-0.2, -0.15) is 0 Å². The summed E-state index contributed by atoms with van der Waals surface area (Å²) < 4.78 is 1.16. The molecule has 0 aliphatic rings. The molecule has 0 aliphatic carbocycles. The molecule has 1 atom stereocenters. The maximum Gasteiger partial charge on any atom is 0.0917 e. The summed E-state index contributed by atoms with van der Waals surface area (Å²) in [4.78, 5) is 2.27. The highest BCUT2D eigenvalue weighted by Crippen LogP contribution is 2.27. The van der Waals surface area contributed by atoms with Crippen molar-refractivity contribution in [1.82, 2.24) is 0 Å². The van der Waals surface area contributed by atoms with Gasteiger partial charge < -0.3 is 10.6 Å². The highest BCUT2D eigenvalue weighted by atomic mass is 79.9. The summed E-state index contributed by atoms with van der Waals surface area (Å²) in [6, 6.07) is 2.15. The topological polar surface area (TPSA) is 29.3 Å². The van der Waals surface area contributed by atoms with Crippen LogP contribution in [0.15, 0.2) is 15.9 Å². The Balaban J connectivity index is 2.53. The molecular weight excluding hydrogens is 260 g/mol. The number of thiophene rings is 1. The normalized spacial score (nSPS) is 12.9. The van der Waals surface area contributed by atoms with E-state index in [2.05, 4.69) is 46.2 Å². The van der Waals surface area contributed by atoms with Gasteiger partial charge in [0.25, 0.3) is 0 Å². The molecule has 0 amide bonds. The monoisotopic (exact) mass is 276 g/mol. The Labute approximate surface area is 98.2 Å². The van der Waals surface area contributed by atoms with E-state index in [0.29, 0.717) is 5.92 Å². The number of halogens is 1. The summed E-state index contributed by atoms with van der Waals surface area (Å²) in [5, 5.41) is 3.40. The molecule has 1 aromatic rings. The van der Waals surface area contributed by atoms with Gasteiger partial charge in [0.15, 0.2) is 0 Å². The van der Waals surface area contributed by atoms with E-state index in [-0.39, 0.29) is 0 Å². The van der Waals surface area contributed by atoms with Crippen LogP contribution in [-0.4, -0.2) is 20.1 Å². The summed E-state index contributed by atoms with van der Waals surface area (Å²) >= 11 is 5.22. The molecule has 2 nitrogen and oxygen atoms in total. The Morgan fingerprint density at radius 3 is 2.79 bits per heavy atom. The Kier molecular flexibility index (Phi) is 4.92. The Morgan fingerprint density at radius 1 is 1.64 bits per heavy atom. The average Bonchev–Trinajstić information content (AvgIpc) is 2.61. The second kappa shape index (κ2) is 5.73. The number of hydrogen-bond acceptors (Lipinski definition) is 3. The van der Waals surface area contributed by atoms with Crippen LogP contribution < -0.4 is 10.6 Å². The van der Waals surface area contributed by atoms with Crippen molar-refractivity contribution >= 4 is 32.3 Å². The summed E-state index contributed by atoms with van der Waals surface area (Å²) in [6.07, 6.45) is 1.15. The standard InChI is InChI=1S/C10H17BrN2S/c1-3-8(5-12)6-13(2)10-4-9(11)7-14-10/h4,7-8H,3,5-6,12H2,1-2H3. The van der Waals surface area contributed by atoms with Gasteiger partial charge in [-0.1, -0.05) is 13.3 Å². The molecule has 1 unspecified atom stereocenters. The lowest BCUT2D eigenvalue weighted by atomic mass is 10.1. The van der Waals surface area contributed by atoms with Crippen LogP contribution in [0.1, 0.15) is 13.3 Å². The van der Waals surface area contributed by atoms with Crippen LogP contribution in [0.3, 0.4) is 0 Å². The third-order valence-electron chi connectivity index (χ3n) is 2.37. The van der Waals surface area contributed by atoms with Crippen LogP contribution in [0, 0.1) is 5.92 Å². The van der Waals surface area contributed by atoms with Crippen LogP contribution in [-0.2, 0) is 0 Å². The van der Waals surface area contributed by atoms with E-state index in [1.807, 2.05) is 0 Å². The minimum atomic E-state index is 0.598. The summed E-state index contributed by atoms with van der Waals surface area (Å²) in [6.45, 7) is 4.00. The van der Waals surface area contributed by atoms with Gasteiger partial charge in [-0.25, -0.2) is 0 Å². The van der Waals surface area contributed by atoms with E-state index in [9.17, 15) is 0 Å². The van der Waals surface area contributed by atoms with Gasteiger partial charge in [-0.15, -0.1) is 11.3 Å². The molecule has 1 heterocycles. The van der Waals surface area contributed by atoms with E-state index in [4.69, 9.17) is 5.73 Å². The molecule has 80 valence electrons. The second-order valence-electron chi connectivity index (χ2n) is 3.49. The van der Waals surface area contributed by atoms with Crippen molar-refractivity contribution in [2.75, 3.05) is 25.0 Å². The summed E-state index contributed by atoms with van der Waals surface area (Å²) in [7, 11) is 2.12. The minimum Gasteiger partial charge on any atom is -0.366 e. The third-order valence-corrected chi connectivity index (χ3v) is 4.18. The van der Waals surface area contributed by atoms with Crippen LogP contribution >= 0.6 is 27.3 Å². The molecule has 0 saturated carbocycles. The maximum atomic E-state index is 5.68. The zero-order valence-corrected chi connectivity index (χ0v) is 11.1. The van der Waals surface area contributed by atoms with E-state index in [1.54, 1.807) is 11.3 Å². The molecule has 0 bridgehead atoms. The predicted octanol–water partition coefficient (Wildman–Crippen LogP) is 2.93. The molecule has 0 radical (unpaired) electrons. The van der Waals surface area contributed by atoms with Gasteiger partial charge in [0, 0.05) is 23.4 Å². The largest absolute Gasteiger partial charge is 0.366 e. The van der Waals surface area contributed by atoms with E-state index in [0.717, 1.165) is 24.0 Å². The van der Waals surface area contributed by atoms with Crippen molar-refractivity contribution in [2.45, 2.75) is 13.3 Å². The van der Waals surface area contributed by atoms with Crippen molar-refractivity contribution < 1.29 is 0 Å². The molecule has 0 spiro atoms. The summed E-state index contributed by atoms with van der Waals surface area (Å²) in [5.41, 5.74) is 5.68. The fraction of sp³-hybridized carbons (Fsp3) is 0.600. The molecule has 14 heavy (non-hydrogen) atoms. The Morgan fingerprint density at radius 2 is 2.36 bits per heavy atom. The fourth-order valence-electron chi connectivity index (χ4n) is 1.35. The van der Waals surface area contributed by atoms with Gasteiger partial charge in [0.05, 0.1) is 5.00 Å². The lowest BCUT2D eigenvalue weighted by Crippen LogP contribution is -2.29. The van der Waals surface area contributed by atoms with Crippen LogP contribution in [0.4, 0.5) is 5.00 Å².